The lowest BCUT2D eigenvalue weighted by atomic mass is 10.1. The molecule has 0 aliphatic heterocycles. The molecule has 0 radical (unpaired) electrons. The number of rotatable bonds is 5. The van der Waals surface area contributed by atoms with Gasteiger partial charge in [0, 0.05) is 19.8 Å². The molecule has 1 aromatic rings. The number of hydrogen-bond donors (Lipinski definition) is 0. The molecule has 4 heteroatoms. The van der Waals surface area contributed by atoms with E-state index in [2.05, 4.69) is 4.74 Å². The van der Waals surface area contributed by atoms with E-state index in [-0.39, 0.29) is 25.3 Å². The zero-order valence-electron chi connectivity index (χ0n) is 9.08. The average Bonchev–Trinajstić information content (AvgIpc) is 2.21. The predicted octanol–water partition coefficient (Wildman–Crippen LogP) is 2.66. The molecule has 0 aliphatic carbocycles. The first-order valence-electron chi connectivity index (χ1n) is 5.10. The number of carbonyl (C=O) groups excluding carboxylic acids is 1. The van der Waals surface area contributed by atoms with Gasteiger partial charge in [-0.3, -0.25) is 4.79 Å². The molecular formula is C12H14F2O2. The van der Waals surface area contributed by atoms with Gasteiger partial charge in [0.2, 0.25) is 0 Å². The van der Waals surface area contributed by atoms with Crippen LogP contribution in [0.1, 0.15) is 18.9 Å². The molecule has 0 heterocycles. The first-order valence-corrected chi connectivity index (χ1v) is 5.10. The summed E-state index contributed by atoms with van der Waals surface area (Å²) >= 11 is 0. The maximum Gasteiger partial charge on any atom is 0.302 e. The molecule has 1 aromatic carbocycles. The lowest BCUT2D eigenvalue weighted by molar-refractivity contribution is -0.141. The van der Waals surface area contributed by atoms with Gasteiger partial charge in [-0.05, 0) is 17.7 Å². The number of halogens is 2. The van der Waals surface area contributed by atoms with E-state index in [1.54, 1.807) is 12.1 Å². The van der Waals surface area contributed by atoms with Gasteiger partial charge in [-0.1, -0.05) is 12.1 Å². The van der Waals surface area contributed by atoms with Crippen LogP contribution in [0.3, 0.4) is 0 Å². The van der Waals surface area contributed by atoms with Crippen LogP contribution >= 0.6 is 0 Å². The third-order valence-electron chi connectivity index (χ3n) is 2.11. The smallest absolute Gasteiger partial charge is 0.302 e. The van der Waals surface area contributed by atoms with Crippen molar-refractivity contribution in [3.8, 4) is 0 Å². The molecule has 0 aromatic heterocycles. The molecule has 0 bridgehead atoms. The quantitative estimate of drug-likeness (QED) is 0.724. The Hall–Kier alpha value is -1.45. The standard InChI is InChI=1S/C12H14F2O2/c1-9(15)16-7-6-12(14)8-10-2-4-11(13)5-3-10/h2-5,12H,6-8H2,1H3. The minimum atomic E-state index is -1.08. The van der Waals surface area contributed by atoms with Crippen molar-refractivity contribution in [2.24, 2.45) is 0 Å². The van der Waals surface area contributed by atoms with Crippen LogP contribution in [0.15, 0.2) is 24.3 Å². The SMILES string of the molecule is CC(=O)OCCC(F)Cc1ccc(F)cc1. The second-order valence-electron chi connectivity index (χ2n) is 3.56. The fourth-order valence-electron chi connectivity index (χ4n) is 1.31. The van der Waals surface area contributed by atoms with Crippen LogP contribution in [0.4, 0.5) is 8.78 Å². The average molecular weight is 228 g/mol. The van der Waals surface area contributed by atoms with Crippen LogP contribution in [-0.4, -0.2) is 18.7 Å². The number of alkyl halides is 1. The summed E-state index contributed by atoms with van der Waals surface area (Å²) in [5.41, 5.74) is 0.733. The molecule has 0 spiro atoms. The number of hydrogen-bond acceptors (Lipinski definition) is 2. The molecule has 0 N–H and O–H groups in total. The van der Waals surface area contributed by atoms with Crippen LogP contribution in [0.5, 0.6) is 0 Å². The highest BCUT2D eigenvalue weighted by atomic mass is 19.1. The van der Waals surface area contributed by atoms with Gasteiger partial charge in [0.05, 0.1) is 6.61 Å². The van der Waals surface area contributed by atoms with Gasteiger partial charge in [-0.25, -0.2) is 8.78 Å². The van der Waals surface area contributed by atoms with Crippen molar-refractivity contribution in [2.45, 2.75) is 25.9 Å². The highest BCUT2D eigenvalue weighted by Crippen LogP contribution is 2.10. The van der Waals surface area contributed by atoms with E-state index in [4.69, 9.17) is 0 Å². The van der Waals surface area contributed by atoms with Gasteiger partial charge < -0.3 is 4.74 Å². The third kappa shape index (κ3) is 4.87. The van der Waals surface area contributed by atoms with E-state index in [1.165, 1.54) is 19.1 Å². The van der Waals surface area contributed by atoms with Gasteiger partial charge in [-0.2, -0.15) is 0 Å². The fraction of sp³-hybridized carbons (Fsp3) is 0.417. The van der Waals surface area contributed by atoms with Gasteiger partial charge >= 0.3 is 5.97 Å². The molecular weight excluding hydrogens is 214 g/mol. The largest absolute Gasteiger partial charge is 0.466 e. The van der Waals surface area contributed by atoms with Crippen LogP contribution in [0.2, 0.25) is 0 Å². The van der Waals surface area contributed by atoms with Crippen molar-refractivity contribution in [1.82, 2.24) is 0 Å². The fourth-order valence-corrected chi connectivity index (χ4v) is 1.31. The Morgan fingerprint density at radius 3 is 2.56 bits per heavy atom. The molecule has 88 valence electrons. The Labute approximate surface area is 93.2 Å². The van der Waals surface area contributed by atoms with E-state index in [9.17, 15) is 13.6 Å². The topological polar surface area (TPSA) is 26.3 Å². The molecule has 16 heavy (non-hydrogen) atoms. The Balaban J connectivity index is 2.31. The van der Waals surface area contributed by atoms with E-state index >= 15 is 0 Å². The zero-order valence-corrected chi connectivity index (χ0v) is 9.08. The molecule has 2 nitrogen and oxygen atoms in total. The Bertz CT molecular complexity index is 335. The molecule has 0 aliphatic rings. The summed E-state index contributed by atoms with van der Waals surface area (Å²) in [5.74, 6) is -0.743. The normalized spacial score (nSPS) is 12.2. The summed E-state index contributed by atoms with van der Waals surface area (Å²) in [6.07, 6.45) is -0.705. The van der Waals surface area contributed by atoms with E-state index in [1.807, 2.05) is 0 Å². The highest BCUT2D eigenvalue weighted by molar-refractivity contribution is 5.65. The van der Waals surface area contributed by atoms with Crippen LogP contribution < -0.4 is 0 Å². The van der Waals surface area contributed by atoms with Crippen LogP contribution in [0.25, 0.3) is 0 Å². The number of ether oxygens (including phenoxy) is 1. The van der Waals surface area contributed by atoms with Gasteiger partial charge in [-0.15, -0.1) is 0 Å². The number of esters is 1. The van der Waals surface area contributed by atoms with Crippen molar-refractivity contribution in [3.63, 3.8) is 0 Å². The summed E-state index contributed by atoms with van der Waals surface area (Å²) in [6, 6.07) is 5.70. The Morgan fingerprint density at radius 2 is 2.00 bits per heavy atom. The summed E-state index contributed by atoms with van der Waals surface area (Å²) in [6.45, 7) is 1.37. The van der Waals surface area contributed by atoms with Crippen molar-refractivity contribution < 1.29 is 18.3 Å². The molecule has 0 saturated carbocycles. The number of carbonyl (C=O) groups is 1. The molecule has 1 rings (SSSR count). The zero-order chi connectivity index (χ0) is 12.0. The summed E-state index contributed by atoms with van der Waals surface area (Å²) in [7, 11) is 0. The monoisotopic (exact) mass is 228 g/mol. The molecule has 0 saturated heterocycles. The lowest BCUT2D eigenvalue weighted by Crippen LogP contribution is -2.10. The molecule has 0 fully saturated rings. The van der Waals surface area contributed by atoms with Crippen molar-refractivity contribution in [2.75, 3.05) is 6.61 Å². The minimum Gasteiger partial charge on any atom is -0.466 e. The Kier molecular flexibility index (Phi) is 4.89. The summed E-state index contributed by atoms with van der Waals surface area (Å²) < 4.78 is 30.5. The van der Waals surface area contributed by atoms with Crippen molar-refractivity contribution in [3.05, 3.63) is 35.6 Å². The maximum absolute atomic E-state index is 13.4. The Morgan fingerprint density at radius 1 is 1.38 bits per heavy atom. The molecule has 1 unspecified atom stereocenters. The number of benzene rings is 1. The third-order valence-corrected chi connectivity index (χ3v) is 2.11. The predicted molar refractivity (Wildman–Crippen MR) is 56.3 cm³/mol. The summed E-state index contributed by atoms with van der Waals surface area (Å²) in [4.78, 5) is 10.4. The molecule has 1 atom stereocenters. The second-order valence-corrected chi connectivity index (χ2v) is 3.56. The van der Waals surface area contributed by atoms with Crippen LogP contribution in [0, 0.1) is 5.82 Å². The second kappa shape index (κ2) is 6.20. The van der Waals surface area contributed by atoms with Crippen molar-refractivity contribution >= 4 is 5.97 Å². The van der Waals surface area contributed by atoms with Crippen molar-refractivity contribution in [1.29, 1.82) is 0 Å². The van der Waals surface area contributed by atoms with E-state index < -0.39 is 12.1 Å². The van der Waals surface area contributed by atoms with Gasteiger partial charge in [0.25, 0.3) is 0 Å². The lowest BCUT2D eigenvalue weighted by Gasteiger charge is -2.08. The highest BCUT2D eigenvalue weighted by Gasteiger charge is 2.08. The summed E-state index contributed by atoms with van der Waals surface area (Å²) in [5, 5.41) is 0. The first kappa shape index (κ1) is 12.6. The first-order chi connectivity index (χ1) is 7.58. The van der Waals surface area contributed by atoms with Crippen LogP contribution in [-0.2, 0) is 16.0 Å². The van der Waals surface area contributed by atoms with Gasteiger partial charge in [0.1, 0.15) is 12.0 Å². The minimum absolute atomic E-state index is 0.0810. The van der Waals surface area contributed by atoms with Gasteiger partial charge in [0.15, 0.2) is 0 Å². The van der Waals surface area contributed by atoms with E-state index in [0.717, 1.165) is 5.56 Å². The maximum atomic E-state index is 13.4. The van der Waals surface area contributed by atoms with E-state index in [0.29, 0.717) is 0 Å². The molecule has 0 amide bonds.